The van der Waals surface area contributed by atoms with Crippen molar-refractivity contribution in [3.8, 4) is 0 Å². The van der Waals surface area contributed by atoms with Crippen LogP contribution in [-0.2, 0) is 4.74 Å². The van der Waals surface area contributed by atoms with Gasteiger partial charge in [-0.25, -0.2) is 0 Å². The maximum Gasteiger partial charge on any atom is 0.0462 e. The number of ether oxygens (including phenoxy) is 1. The van der Waals surface area contributed by atoms with Crippen LogP contribution in [0.1, 0.15) is 33.1 Å². The van der Waals surface area contributed by atoms with Crippen LogP contribution in [-0.4, -0.2) is 26.3 Å². The van der Waals surface area contributed by atoms with Crippen molar-refractivity contribution in [2.45, 2.75) is 39.2 Å². The van der Waals surface area contributed by atoms with Crippen LogP contribution in [0.4, 0.5) is 0 Å². The summed E-state index contributed by atoms with van der Waals surface area (Å²) in [6.45, 7) is 6.79. The Morgan fingerprint density at radius 2 is 2.15 bits per heavy atom. The molecule has 0 aromatic rings. The van der Waals surface area contributed by atoms with Gasteiger partial charge in [0, 0.05) is 19.8 Å². The minimum absolute atomic E-state index is 0.789. The first-order valence-electron chi connectivity index (χ1n) is 5.48. The number of nitrogens with one attached hydrogen (secondary N) is 1. The minimum Gasteiger partial charge on any atom is -0.385 e. The molecule has 13 heavy (non-hydrogen) atoms. The molecule has 1 rings (SSSR count). The highest BCUT2D eigenvalue weighted by atomic mass is 16.5. The molecule has 2 heteroatoms. The monoisotopic (exact) mass is 185 g/mol. The van der Waals surface area contributed by atoms with Crippen LogP contribution >= 0.6 is 0 Å². The van der Waals surface area contributed by atoms with Crippen molar-refractivity contribution in [2.24, 2.45) is 11.8 Å². The summed E-state index contributed by atoms with van der Waals surface area (Å²) >= 11 is 0. The van der Waals surface area contributed by atoms with Crippen molar-refractivity contribution in [1.29, 1.82) is 0 Å². The smallest absolute Gasteiger partial charge is 0.0462 e. The van der Waals surface area contributed by atoms with E-state index in [2.05, 4.69) is 19.2 Å². The average molecular weight is 185 g/mol. The van der Waals surface area contributed by atoms with Gasteiger partial charge in [-0.3, -0.25) is 0 Å². The molecule has 2 unspecified atom stereocenters. The lowest BCUT2D eigenvalue weighted by Crippen LogP contribution is -2.49. The van der Waals surface area contributed by atoms with E-state index >= 15 is 0 Å². The highest BCUT2D eigenvalue weighted by molar-refractivity contribution is 4.85. The summed E-state index contributed by atoms with van der Waals surface area (Å²) in [5, 5.41) is 3.51. The fraction of sp³-hybridized carbons (Fsp3) is 1.00. The maximum atomic E-state index is 5.08. The number of rotatable bonds is 6. The molecule has 0 bridgehead atoms. The molecule has 0 aliphatic carbocycles. The lowest BCUT2D eigenvalue weighted by molar-refractivity contribution is 0.154. The molecule has 2 nitrogen and oxygen atoms in total. The third-order valence-electron chi connectivity index (χ3n) is 3.12. The zero-order valence-electron chi connectivity index (χ0n) is 9.18. The molecule has 1 aliphatic rings. The highest BCUT2D eigenvalue weighted by Crippen LogP contribution is 2.26. The Bertz CT molecular complexity index is 132. The van der Waals surface area contributed by atoms with Gasteiger partial charge in [0.25, 0.3) is 0 Å². The van der Waals surface area contributed by atoms with Crippen LogP contribution in [0.2, 0.25) is 0 Å². The first-order valence-corrected chi connectivity index (χ1v) is 5.48. The van der Waals surface area contributed by atoms with Crippen LogP contribution in [0.5, 0.6) is 0 Å². The molecule has 1 heterocycles. The zero-order valence-corrected chi connectivity index (χ0v) is 9.18. The Balaban J connectivity index is 2.21. The van der Waals surface area contributed by atoms with Gasteiger partial charge in [-0.05, 0) is 37.6 Å². The molecule has 1 N–H and O–H groups in total. The van der Waals surface area contributed by atoms with Crippen molar-refractivity contribution in [1.82, 2.24) is 5.32 Å². The second-order valence-electron chi connectivity index (χ2n) is 4.39. The number of hydrogen-bond donors (Lipinski definition) is 1. The fourth-order valence-electron chi connectivity index (χ4n) is 2.14. The molecule has 1 saturated heterocycles. The van der Waals surface area contributed by atoms with Gasteiger partial charge in [-0.15, -0.1) is 0 Å². The Morgan fingerprint density at radius 1 is 1.46 bits per heavy atom. The SMILES string of the molecule is COCCCC(C(C)C)C1CCN1. The average Bonchev–Trinajstić information content (AvgIpc) is 1.99. The van der Waals surface area contributed by atoms with Crippen molar-refractivity contribution < 1.29 is 4.74 Å². The van der Waals surface area contributed by atoms with E-state index in [0.717, 1.165) is 24.5 Å². The minimum atomic E-state index is 0.789. The van der Waals surface area contributed by atoms with E-state index in [0.29, 0.717) is 0 Å². The second kappa shape index (κ2) is 5.61. The van der Waals surface area contributed by atoms with E-state index in [1.54, 1.807) is 7.11 Å². The first kappa shape index (κ1) is 11.0. The number of hydrogen-bond acceptors (Lipinski definition) is 2. The van der Waals surface area contributed by atoms with E-state index in [-0.39, 0.29) is 0 Å². The molecule has 2 atom stereocenters. The quantitative estimate of drug-likeness (QED) is 0.639. The van der Waals surface area contributed by atoms with Gasteiger partial charge in [0.05, 0.1) is 0 Å². The summed E-state index contributed by atoms with van der Waals surface area (Å²) < 4.78 is 5.08. The van der Waals surface area contributed by atoms with Crippen LogP contribution in [0.15, 0.2) is 0 Å². The van der Waals surface area contributed by atoms with Crippen LogP contribution in [0.3, 0.4) is 0 Å². The van der Waals surface area contributed by atoms with E-state index in [4.69, 9.17) is 4.74 Å². The molecule has 0 amide bonds. The summed E-state index contributed by atoms with van der Waals surface area (Å²) in [7, 11) is 1.78. The summed E-state index contributed by atoms with van der Waals surface area (Å²) in [5.41, 5.74) is 0. The molecule has 1 aliphatic heterocycles. The van der Waals surface area contributed by atoms with Gasteiger partial charge in [0.2, 0.25) is 0 Å². The summed E-state index contributed by atoms with van der Waals surface area (Å²) in [4.78, 5) is 0. The van der Waals surface area contributed by atoms with Crippen molar-refractivity contribution in [3.63, 3.8) is 0 Å². The topological polar surface area (TPSA) is 21.3 Å². The Morgan fingerprint density at radius 3 is 2.54 bits per heavy atom. The van der Waals surface area contributed by atoms with E-state index < -0.39 is 0 Å². The number of methoxy groups -OCH3 is 1. The lowest BCUT2D eigenvalue weighted by atomic mass is 9.80. The fourth-order valence-corrected chi connectivity index (χ4v) is 2.14. The highest BCUT2D eigenvalue weighted by Gasteiger charge is 2.28. The maximum absolute atomic E-state index is 5.08. The molecule has 0 aromatic heterocycles. The summed E-state index contributed by atoms with van der Waals surface area (Å²) in [6.07, 6.45) is 3.89. The van der Waals surface area contributed by atoms with E-state index in [1.165, 1.54) is 25.8 Å². The Kier molecular flexibility index (Phi) is 4.74. The normalized spacial score (nSPS) is 24.5. The van der Waals surface area contributed by atoms with E-state index in [1.807, 2.05) is 0 Å². The van der Waals surface area contributed by atoms with Crippen molar-refractivity contribution in [2.75, 3.05) is 20.3 Å². The molecule has 0 saturated carbocycles. The summed E-state index contributed by atoms with van der Waals surface area (Å²) in [6, 6.07) is 0.789. The van der Waals surface area contributed by atoms with Crippen LogP contribution in [0, 0.1) is 11.8 Å². The lowest BCUT2D eigenvalue weighted by Gasteiger charge is -2.37. The third-order valence-corrected chi connectivity index (χ3v) is 3.12. The first-order chi connectivity index (χ1) is 6.25. The van der Waals surface area contributed by atoms with Gasteiger partial charge < -0.3 is 10.1 Å². The zero-order chi connectivity index (χ0) is 9.68. The van der Waals surface area contributed by atoms with Gasteiger partial charge in [-0.1, -0.05) is 13.8 Å². The van der Waals surface area contributed by atoms with Crippen LogP contribution in [0.25, 0.3) is 0 Å². The molecule has 0 spiro atoms. The third kappa shape index (κ3) is 3.28. The second-order valence-corrected chi connectivity index (χ2v) is 4.39. The van der Waals surface area contributed by atoms with Crippen molar-refractivity contribution in [3.05, 3.63) is 0 Å². The largest absolute Gasteiger partial charge is 0.385 e. The van der Waals surface area contributed by atoms with Gasteiger partial charge >= 0.3 is 0 Å². The van der Waals surface area contributed by atoms with E-state index in [9.17, 15) is 0 Å². The van der Waals surface area contributed by atoms with Crippen LogP contribution < -0.4 is 5.32 Å². The van der Waals surface area contributed by atoms with Gasteiger partial charge in [0.15, 0.2) is 0 Å². The molecule has 0 aromatic carbocycles. The molecule has 1 fully saturated rings. The van der Waals surface area contributed by atoms with Gasteiger partial charge in [-0.2, -0.15) is 0 Å². The standard InChI is InChI=1S/C11H23NO/c1-9(2)10(5-4-8-13-3)11-6-7-12-11/h9-12H,4-8H2,1-3H3. The predicted molar refractivity (Wildman–Crippen MR) is 55.8 cm³/mol. The summed E-state index contributed by atoms with van der Waals surface area (Å²) in [5.74, 6) is 1.65. The predicted octanol–water partition coefficient (Wildman–Crippen LogP) is 2.05. The molecular formula is C11H23NO. The Labute approximate surface area is 82.0 Å². The van der Waals surface area contributed by atoms with Gasteiger partial charge in [0.1, 0.15) is 0 Å². The molecule has 0 radical (unpaired) electrons. The van der Waals surface area contributed by atoms with Crippen molar-refractivity contribution >= 4 is 0 Å². The molecular weight excluding hydrogens is 162 g/mol. The Hall–Kier alpha value is -0.0800. The molecule has 78 valence electrons.